The first-order chi connectivity index (χ1) is 9.22. The van der Waals surface area contributed by atoms with Crippen LogP contribution in [0.1, 0.15) is 15.9 Å². The molecule has 0 bridgehead atoms. The van der Waals surface area contributed by atoms with Crippen LogP contribution in [0.4, 0.5) is 0 Å². The fourth-order valence-electron chi connectivity index (χ4n) is 1.68. The van der Waals surface area contributed by atoms with Gasteiger partial charge in [-0.2, -0.15) is 0 Å². The monoisotopic (exact) mass is 276 g/mol. The third-order valence-corrected chi connectivity index (χ3v) is 2.90. The molecule has 0 heterocycles. The number of benzene rings is 2. The molecule has 4 heteroatoms. The van der Waals surface area contributed by atoms with Crippen molar-refractivity contribution in [1.82, 2.24) is 0 Å². The van der Waals surface area contributed by atoms with Crippen LogP contribution in [0.5, 0.6) is 11.5 Å². The Morgan fingerprint density at radius 3 is 2.53 bits per heavy atom. The van der Waals surface area contributed by atoms with E-state index in [-0.39, 0.29) is 0 Å². The van der Waals surface area contributed by atoms with E-state index < -0.39 is 0 Å². The third-order valence-electron chi connectivity index (χ3n) is 2.65. The lowest BCUT2D eigenvalue weighted by Gasteiger charge is -2.10. The fraction of sp³-hybridized carbons (Fsp3) is 0.133. The van der Waals surface area contributed by atoms with Gasteiger partial charge in [0.2, 0.25) is 0 Å². The average molecular weight is 277 g/mol. The highest BCUT2D eigenvalue weighted by molar-refractivity contribution is 6.30. The van der Waals surface area contributed by atoms with Gasteiger partial charge in [0.25, 0.3) is 0 Å². The first-order valence-electron chi connectivity index (χ1n) is 5.73. The maximum Gasteiger partial charge on any atom is 0.150 e. The van der Waals surface area contributed by atoms with Gasteiger partial charge in [-0.1, -0.05) is 11.6 Å². The number of carbonyl (C=O) groups excluding carboxylic acids is 1. The molecule has 0 saturated carbocycles. The number of aldehydes is 1. The van der Waals surface area contributed by atoms with Crippen LogP contribution in [0.15, 0.2) is 42.5 Å². The summed E-state index contributed by atoms with van der Waals surface area (Å²) in [5.41, 5.74) is 1.41. The first-order valence-corrected chi connectivity index (χ1v) is 6.11. The average Bonchev–Trinajstić information content (AvgIpc) is 2.46. The summed E-state index contributed by atoms with van der Waals surface area (Å²) in [5, 5.41) is 0.660. The smallest absolute Gasteiger partial charge is 0.150 e. The number of rotatable bonds is 5. The van der Waals surface area contributed by atoms with E-state index in [2.05, 4.69) is 0 Å². The lowest BCUT2D eigenvalue weighted by Crippen LogP contribution is -1.99. The molecule has 0 atom stereocenters. The number of ether oxygens (including phenoxy) is 2. The zero-order valence-corrected chi connectivity index (χ0v) is 11.2. The predicted molar refractivity (Wildman–Crippen MR) is 74.2 cm³/mol. The van der Waals surface area contributed by atoms with E-state index >= 15 is 0 Å². The number of hydrogen-bond acceptors (Lipinski definition) is 3. The minimum absolute atomic E-state index is 0.326. The highest BCUT2D eigenvalue weighted by Crippen LogP contribution is 2.22. The molecule has 2 aromatic rings. The van der Waals surface area contributed by atoms with Crippen LogP contribution in [0.3, 0.4) is 0 Å². The molecule has 0 amide bonds. The molecular weight excluding hydrogens is 264 g/mol. The Balaban J connectivity index is 2.13. The van der Waals surface area contributed by atoms with Crippen LogP contribution < -0.4 is 9.47 Å². The van der Waals surface area contributed by atoms with Crippen molar-refractivity contribution in [3.8, 4) is 11.5 Å². The molecule has 0 radical (unpaired) electrons. The van der Waals surface area contributed by atoms with Crippen LogP contribution in [0.25, 0.3) is 0 Å². The van der Waals surface area contributed by atoms with E-state index in [1.807, 2.05) is 0 Å². The molecule has 0 unspecified atom stereocenters. The third kappa shape index (κ3) is 3.48. The van der Waals surface area contributed by atoms with Crippen molar-refractivity contribution >= 4 is 17.9 Å². The maximum absolute atomic E-state index is 10.8. The summed E-state index contributed by atoms with van der Waals surface area (Å²) in [6.07, 6.45) is 0.797. The molecule has 0 aliphatic heterocycles. The summed E-state index contributed by atoms with van der Waals surface area (Å²) in [7, 11) is 1.59. The lowest BCUT2D eigenvalue weighted by molar-refractivity contribution is 0.112. The van der Waals surface area contributed by atoms with Gasteiger partial charge in [0.15, 0.2) is 0 Å². The molecule has 0 fully saturated rings. The number of methoxy groups -OCH3 is 1. The van der Waals surface area contributed by atoms with Gasteiger partial charge in [0.1, 0.15) is 24.4 Å². The van der Waals surface area contributed by atoms with Crippen molar-refractivity contribution in [2.45, 2.75) is 6.61 Å². The van der Waals surface area contributed by atoms with E-state index in [9.17, 15) is 4.79 Å². The minimum Gasteiger partial charge on any atom is -0.496 e. The minimum atomic E-state index is 0.326. The Labute approximate surface area is 116 Å². The Bertz CT molecular complexity index is 564. The Morgan fingerprint density at radius 2 is 1.89 bits per heavy atom. The summed E-state index contributed by atoms with van der Waals surface area (Å²) in [5.74, 6) is 1.41. The van der Waals surface area contributed by atoms with Gasteiger partial charge in [-0.3, -0.25) is 4.79 Å². The predicted octanol–water partition coefficient (Wildman–Crippen LogP) is 3.74. The lowest BCUT2D eigenvalue weighted by atomic mass is 10.1. The van der Waals surface area contributed by atoms with Crippen molar-refractivity contribution in [1.29, 1.82) is 0 Å². The summed E-state index contributed by atoms with van der Waals surface area (Å²) >= 11 is 5.80. The van der Waals surface area contributed by atoms with Crippen molar-refractivity contribution < 1.29 is 14.3 Å². The Morgan fingerprint density at radius 1 is 1.16 bits per heavy atom. The molecule has 3 nitrogen and oxygen atoms in total. The van der Waals surface area contributed by atoms with Crippen molar-refractivity contribution in [3.63, 3.8) is 0 Å². The Kier molecular flexibility index (Phi) is 4.42. The van der Waals surface area contributed by atoms with Crippen LogP contribution in [0.2, 0.25) is 5.02 Å². The van der Waals surface area contributed by atoms with E-state index in [4.69, 9.17) is 21.1 Å². The molecule has 2 aromatic carbocycles. The second-order valence-corrected chi connectivity index (χ2v) is 4.37. The molecule has 98 valence electrons. The second kappa shape index (κ2) is 6.25. The topological polar surface area (TPSA) is 35.5 Å². The van der Waals surface area contributed by atoms with Crippen LogP contribution in [-0.2, 0) is 6.61 Å². The summed E-state index contributed by atoms with van der Waals surface area (Å²) in [4.78, 5) is 10.8. The van der Waals surface area contributed by atoms with Gasteiger partial charge in [-0.25, -0.2) is 0 Å². The summed E-state index contributed by atoms with van der Waals surface area (Å²) in [6, 6.07) is 12.3. The molecule has 0 spiro atoms. The highest BCUT2D eigenvalue weighted by Gasteiger charge is 2.05. The largest absolute Gasteiger partial charge is 0.496 e. The van der Waals surface area contributed by atoms with E-state index in [1.165, 1.54) is 0 Å². The van der Waals surface area contributed by atoms with Gasteiger partial charge in [0, 0.05) is 16.1 Å². The maximum atomic E-state index is 10.8. The summed E-state index contributed by atoms with van der Waals surface area (Å²) < 4.78 is 10.9. The molecule has 19 heavy (non-hydrogen) atoms. The number of halogens is 1. The van der Waals surface area contributed by atoms with Crippen LogP contribution >= 0.6 is 11.6 Å². The zero-order chi connectivity index (χ0) is 13.7. The van der Waals surface area contributed by atoms with Crippen LogP contribution in [-0.4, -0.2) is 13.4 Å². The molecule has 0 saturated heterocycles. The summed E-state index contributed by atoms with van der Waals surface area (Å²) in [6.45, 7) is 0.326. The van der Waals surface area contributed by atoms with Crippen molar-refractivity contribution in [2.24, 2.45) is 0 Å². The Hall–Kier alpha value is -2.00. The van der Waals surface area contributed by atoms with Crippen molar-refractivity contribution in [3.05, 3.63) is 58.6 Å². The first kappa shape index (κ1) is 13.4. The fourth-order valence-corrected chi connectivity index (χ4v) is 1.80. The standard InChI is InChI=1S/C15H13ClO3/c1-18-15-7-2-11(9-17)8-12(15)10-19-14-5-3-13(16)4-6-14/h2-9H,10H2,1H3. The SMILES string of the molecule is COc1ccc(C=O)cc1COc1ccc(Cl)cc1. The zero-order valence-electron chi connectivity index (χ0n) is 10.4. The molecular formula is C15H13ClO3. The van der Waals surface area contributed by atoms with Crippen LogP contribution in [0, 0.1) is 0 Å². The number of hydrogen-bond donors (Lipinski definition) is 0. The van der Waals surface area contributed by atoms with Gasteiger partial charge >= 0.3 is 0 Å². The van der Waals surface area contributed by atoms with Crippen molar-refractivity contribution in [2.75, 3.05) is 7.11 Å². The molecule has 0 aliphatic rings. The van der Waals surface area contributed by atoms with E-state index in [0.717, 1.165) is 11.8 Å². The molecule has 0 aromatic heterocycles. The quantitative estimate of drug-likeness (QED) is 0.781. The van der Waals surface area contributed by atoms with Gasteiger partial charge in [-0.05, 0) is 42.5 Å². The van der Waals surface area contributed by atoms with Gasteiger partial charge < -0.3 is 9.47 Å². The molecule has 2 rings (SSSR count). The van der Waals surface area contributed by atoms with Gasteiger partial charge in [0.05, 0.1) is 7.11 Å². The molecule has 0 aliphatic carbocycles. The number of carbonyl (C=O) groups is 1. The van der Waals surface area contributed by atoms with E-state index in [1.54, 1.807) is 49.6 Å². The highest BCUT2D eigenvalue weighted by atomic mass is 35.5. The normalized spacial score (nSPS) is 10.0. The van der Waals surface area contributed by atoms with E-state index in [0.29, 0.717) is 28.7 Å². The second-order valence-electron chi connectivity index (χ2n) is 3.93. The van der Waals surface area contributed by atoms with Gasteiger partial charge in [-0.15, -0.1) is 0 Å². The molecule has 0 N–H and O–H groups in total.